The van der Waals surface area contributed by atoms with E-state index in [0.717, 1.165) is 5.56 Å². The van der Waals surface area contributed by atoms with Gasteiger partial charge in [0.05, 0.1) is 16.9 Å². The smallest absolute Gasteiger partial charge is 0.316 e. The van der Waals surface area contributed by atoms with Gasteiger partial charge in [-0.3, -0.25) is 14.4 Å². The highest BCUT2D eigenvalue weighted by Gasteiger charge is 2.25. The van der Waals surface area contributed by atoms with E-state index in [-0.39, 0.29) is 23.8 Å². The molecule has 6 heteroatoms. The maximum atomic E-state index is 12.8. The lowest BCUT2D eigenvalue weighted by atomic mass is 9.97. The number of allylic oxidation sites excluding steroid dienone is 1. The Morgan fingerprint density at radius 2 is 1.39 bits per heavy atom. The third-order valence-corrected chi connectivity index (χ3v) is 5.13. The topological polar surface area (TPSA) is 78.9 Å². The SMILES string of the molecule is CCc1cc(/C=C/C(=O)c2ccc(OC(=O)C(C)(C)C)cc2)c(OC(C)C)cc1OC(=O)C(C)(C)C. The van der Waals surface area contributed by atoms with Gasteiger partial charge in [0.25, 0.3) is 0 Å². The van der Waals surface area contributed by atoms with Crippen LogP contribution in [0, 0.1) is 10.8 Å². The summed E-state index contributed by atoms with van der Waals surface area (Å²) in [6.07, 6.45) is 3.69. The van der Waals surface area contributed by atoms with Gasteiger partial charge in [-0.25, -0.2) is 0 Å². The molecule has 36 heavy (non-hydrogen) atoms. The van der Waals surface area contributed by atoms with Gasteiger partial charge in [-0.1, -0.05) is 6.92 Å². The standard InChI is InChI=1S/C30H38O6/c1-10-20-17-22(26(34-19(2)3)18-25(20)36-28(33)30(7,8)9)13-16-24(31)21-11-14-23(15-12-21)35-27(32)29(4,5)6/h11-19H,10H2,1-9H3/b16-13+. The summed E-state index contributed by atoms with van der Waals surface area (Å²) in [6, 6.07) is 10.0. The first kappa shape index (κ1) is 28.8. The van der Waals surface area contributed by atoms with Crippen molar-refractivity contribution in [2.45, 2.75) is 74.8 Å². The van der Waals surface area contributed by atoms with Crippen molar-refractivity contribution in [3.63, 3.8) is 0 Å². The van der Waals surface area contributed by atoms with Gasteiger partial charge in [0.15, 0.2) is 5.78 Å². The van der Waals surface area contributed by atoms with Crippen LogP contribution in [-0.2, 0) is 16.0 Å². The zero-order valence-electron chi connectivity index (χ0n) is 22.9. The predicted octanol–water partition coefficient (Wildman–Crippen LogP) is 6.84. The van der Waals surface area contributed by atoms with E-state index in [2.05, 4.69) is 0 Å². The highest BCUT2D eigenvalue weighted by molar-refractivity contribution is 6.07. The molecule has 0 amide bonds. The molecule has 0 heterocycles. The van der Waals surface area contributed by atoms with E-state index in [1.54, 1.807) is 78.0 Å². The Bertz CT molecular complexity index is 1130. The highest BCUT2D eigenvalue weighted by Crippen LogP contribution is 2.33. The van der Waals surface area contributed by atoms with Crippen molar-refractivity contribution in [1.82, 2.24) is 0 Å². The third kappa shape index (κ3) is 8.08. The monoisotopic (exact) mass is 494 g/mol. The van der Waals surface area contributed by atoms with Crippen LogP contribution in [0.4, 0.5) is 0 Å². The molecule has 0 fully saturated rings. The minimum absolute atomic E-state index is 0.116. The predicted molar refractivity (Wildman–Crippen MR) is 142 cm³/mol. The van der Waals surface area contributed by atoms with Crippen LogP contribution in [0.15, 0.2) is 42.5 Å². The number of esters is 2. The Labute approximate surface area is 214 Å². The summed E-state index contributed by atoms with van der Waals surface area (Å²) in [5, 5.41) is 0. The summed E-state index contributed by atoms with van der Waals surface area (Å²) in [4.78, 5) is 37.4. The number of ether oxygens (including phenoxy) is 3. The Balaban J connectivity index is 2.30. The second-order valence-corrected chi connectivity index (χ2v) is 11.0. The summed E-state index contributed by atoms with van der Waals surface area (Å²) in [7, 11) is 0. The second kappa shape index (κ2) is 11.5. The van der Waals surface area contributed by atoms with E-state index in [1.165, 1.54) is 6.08 Å². The van der Waals surface area contributed by atoms with Crippen molar-refractivity contribution in [3.8, 4) is 17.2 Å². The lowest BCUT2D eigenvalue weighted by Crippen LogP contribution is -2.26. The first-order valence-electron chi connectivity index (χ1n) is 12.2. The number of ketones is 1. The van der Waals surface area contributed by atoms with Crippen molar-refractivity contribution in [2.75, 3.05) is 0 Å². The molecule has 0 saturated carbocycles. The van der Waals surface area contributed by atoms with Gasteiger partial charge >= 0.3 is 11.9 Å². The van der Waals surface area contributed by atoms with Crippen LogP contribution in [0.1, 0.15) is 83.8 Å². The Morgan fingerprint density at radius 3 is 1.89 bits per heavy atom. The molecule has 2 aromatic carbocycles. The molecule has 0 aliphatic rings. The maximum Gasteiger partial charge on any atom is 0.316 e. The summed E-state index contributed by atoms with van der Waals surface area (Å²) >= 11 is 0. The van der Waals surface area contributed by atoms with Crippen molar-refractivity contribution in [3.05, 3.63) is 59.2 Å². The van der Waals surface area contributed by atoms with Crippen LogP contribution in [0.3, 0.4) is 0 Å². The van der Waals surface area contributed by atoms with E-state index in [4.69, 9.17) is 14.2 Å². The Kier molecular flexibility index (Phi) is 9.25. The van der Waals surface area contributed by atoms with Crippen molar-refractivity contribution >= 4 is 23.8 Å². The molecule has 0 aliphatic heterocycles. The molecule has 0 bridgehead atoms. The molecular weight excluding hydrogens is 456 g/mol. The molecule has 0 spiro atoms. The quantitative estimate of drug-likeness (QED) is 0.173. The Hall–Kier alpha value is -3.41. The zero-order valence-corrected chi connectivity index (χ0v) is 22.9. The summed E-state index contributed by atoms with van der Waals surface area (Å²) < 4.78 is 17.0. The van der Waals surface area contributed by atoms with Gasteiger partial charge in [-0.05, 0) is 110 Å². The molecule has 194 valence electrons. The van der Waals surface area contributed by atoms with Crippen molar-refractivity contribution in [2.24, 2.45) is 10.8 Å². The summed E-state index contributed by atoms with van der Waals surface area (Å²) in [5.74, 6) is 0.478. The molecule has 0 saturated heterocycles. The van der Waals surface area contributed by atoms with Gasteiger partial charge in [-0.2, -0.15) is 0 Å². The molecule has 2 aromatic rings. The number of carbonyl (C=O) groups is 3. The molecule has 0 radical (unpaired) electrons. The number of aryl methyl sites for hydroxylation is 1. The van der Waals surface area contributed by atoms with Crippen LogP contribution in [0.2, 0.25) is 0 Å². The van der Waals surface area contributed by atoms with E-state index in [1.807, 2.05) is 26.8 Å². The first-order chi connectivity index (χ1) is 16.6. The first-order valence-corrected chi connectivity index (χ1v) is 12.2. The normalized spacial score (nSPS) is 12.1. The largest absolute Gasteiger partial charge is 0.490 e. The maximum absolute atomic E-state index is 12.8. The minimum Gasteiger partial charge on any atom is -0.490 e. The van der Waals surface area contributed by atoms with Gasteiger partial charge in [0.2, 0.25) is 0 Å². The molecule has 0 aliphatic carbocycles. The fourth-order valence-corrected chi connectivity index (χ4v) is 2.94. The number of hydrogen-bond donors (Lipinski definition) is 0. The lowest BCUT2D eigenvalue weighted by Gasteiger charge is -2.20. The molecule has 2 rings (SSSR count). The summed E-state index contributed by atoms with van der Waals surface area (Å²) in [5.41, 5.74) is 0.737. The second-order valence-electron chi connectivity index (χ2n) is 11.0. The van der Waals surface area contributed by atoms with Crippen LogP contribution in [0.5, 0.6) is 17.2 Å². The van der Waals surface area contributed by atoms with Crippen LogP contribution in [-0.4, -0.2) is 23.8 Å². The van der Waals surface area contributed by atoms with Crippen LogP contribution < -0.4 is 14.2 Å². The van der Waals surface area contributed by atoms with Crippen molar-refractivity contribution in [1.29, 1.82) is 0 Å². The van der Waals surface area contributed by atoms with E-state index >= 15 is 0 Å². The van der Waals surface area contributed by atoms with Crippen molar-refractivity contribution < 1.29 is 28.6 Å². The molecule has 6 nitrogen and oxygen atoms in total. The van der Waals surface area contributed by atoms with Crippen LogP contribution in [0.25, 0.3) is 6.08 Å². The Morgan fingerprint density at radius 1 is 0.833 bits per heavy atom. The zero-order chi connectivity index (χ0) is 27.3. The van der Waals surface area contributed by atoms with Gasteiger partial charge < -0.3 is 14.2 Å². The summed E-state index contributed by atoms with van der Waals surface area (Å²) in [6.45, 7) is 16.5. The van der Waals surface area contributed by atoms with Gasteiger partial charge in [0.1, 0.15) is 17.2 Å². The van der Waals surface area contributed by atoms with Crippen LogP contribution >= 0.6 is 0 Å². The fraction of sp³-hybridized carbons (Fsp3) is 0.433. The molecular formula is C30H38O6. The fourth-order valence-electron chi connectivity index (χ4n) is 2.94. The molecule has 0 aromatic heterocycles. The number of hydrogen-bond acceptors (Lipinski definition) is 6. The minimum atomic E-state index is -0.643. The van der Waals surface area contributed by atoms with E-state index in [9.17, 15) is 14.4 Å². The van der Waals surface area contributed by atoms with E-state index in [0.29, 0.717) is 34.8 Å². The number of rotatable bonds is 8. The van der Waals surface area contributed by atoms with Gasteiger partial charge in [0, 0.05) is 17.2 Å². The molecule has 0 atom stereocenters. The third-order valence-electron chi connectivity index (χ3n) is 5.13. The highest BCUT2D eigenvalue weighted by atomic mass is 16.5. The van der Waals surface area contributed by atoms with Gasteiger partial charge in [-0.15, -0.1) is 0 Å². The average Bonchev–Trinajstić information content (AvgIpc) is 2.77. The average molecular weight is 495 g/mol. The lowest BCUT2D eigenvalue weighted by molar-refractivity contribution is -0.143. The van der Waals surface area contributed by atoms with E-state index < -0.39 is 10.8 Å². The molecule has 0 N–H and O–H groups in total. The molecule has 0 unspecified atom stereocenters. The number of carbonyl (C=O) groups excluding carboxylic acids is 3. The number of benzene rings is 2.